The van der Waals surface area contributed by atoms with E-state index in [0.717, 1.165) is 5.56 Å². The number of aryl methyl sites for hydroxylation is 2. The maximum Gasteiger partial charge on any atom is 0.335 e. The predicted molar refractivity (Wildman–Crippen MR) is 66.1 cm³/mol. The molecule has 0 unspecified atom stereocenters. The van der Waals surface area contributed by atoms with Gasteiger partial charge < -0.3 is 14.3 Å². The van der Waals surface area contributed by atoms with Crippen molar-refractivity contribution in [3.63, 3.8) is 0 Å². The van der Waals surface area contributed by atoms with Crippen molar-refractivity contribution in [3.8, 4) is 5.75 Å². The molecule has 0 amide bonds. The summed E-state index contributed by atoms with van der Waals surface area (Å²) in [6, 6.07) is 4.68. The van der Waals surface area contributed by atoms with E-state index in [1.54, 1.807) is 19.1 Å². The Bertz CT molecular complexity index is 592. The molecular formula is C13H14N2O4. The lowest BCUT2D eigenvalue weighted by molar-refractivity contribution is 0.0696. The van der Waals surface area contributed by atoms with Crippen LogP contribution in [0.3, 0.4) is 0 Å². The first kappa shape index (κ1) is 13.1. The zero-order chi connectivity index (χ0) is 13.8. The van der Waals surface area contributed by atoms with E-state index in [1.165, 1.54) is 6.07 Å². The van der Waals surface area contributed by atoms with Crippen LogP contribution in [0.25, 0.3) is 0 Å². The number of nitrogens with zero attached hydrogens (tertiary/aromatic N) is 2. The first-order chi connectivity index (χ1) is 9.10. The molecule has 100 valence electrons. The van der Waals surface area contributed by atoms with Gasteiger partial charge in [0.15, 0.2) is 6.61 Å². The minimum Gasteiger partial charge on any atom is -0.484 e. The van der Waals surface area contributed by atoms with Crippen molar-refractivity contribution < 1.29 is 19.1 Å². The second-order valence-electron chi connectivity index (χ2n) is 4.02. The molecule has 19 heavy (non-hydrogen) atoms. The molecule has 0 aliphatic rings. The van der Waals surface area contributed by atoms with Crippen LogP contribution < -0.4 is 4.74 Å². The average Bonchev–Trinajstić information content (AvgIpc) is 2.85. The molecule has 0 bridgehead atoms. The minimum absolute atomic E-state index is 0.167. The fourth-order valence-corrected chi connectivity index (χ4v) is 1.57. The number of carboxylic acids is 1. The zero-order valence-electron chi connectivity index (χ0n) is 10.7. The number of rotatable bonds is 5. The molecule has 1 aromatic heterocycles. The van der Waals surface area contributed by atoms with E-state index >= 15 is 0 Å². The van der Waals surface area contributed by atoms with Gasteiger partial charge in [0.2, 0.25) is 5.89 Å². The van der Waals surface area contributed by atoms with Crippen LogP contribution in [0.15, 0.2) is 22.6 Å². The van der Waals surface area contributed by atoms with Gasteiger partial charge >= 0.3 is 5.97 Å². The van der Waals surface area contributed by atoms with Crippen molar-refractivity contribution in [2.24, 2.45) is 0 Å². The molecular weight excluding hydrogens is 248 g/mol. The number of hydrogen-bond acceptors (Lipinski definition) is 5. The summed E-state index contributed by atoms with van der Waals surface area (Å²) in [6.45, 7) is 3.88. The van der Waals surface area contributed by atoms with Crippen molar-refractivity contribution >= 4 is 5.97 Å². The first-order valence-electron chi connectivity index (χ1n) is 5.88. The van der Waals surface area contributed by atoms with Gasteiger partial charge in [0.1, 0.15) is 5.75 Å². The molecule has 1 N–H and O–H groups in total. The molecule has 2 rings (SSSR count). The highest BCUT2D eigenvalue weighted by atomic mass is 16.5. The largest absolute Gasteiger partial charge is 0.484 e. The molecule has 6 heteroatoms. The van der Waals surface area contributed by atoms with Gasteiger partial charge in [0.05, 0.1) is 5.56 Å². The summed E-state index contributed by atoms with van der Waals surface area (Å²) in [5.41, 5.74) is 0.978. The van der Waals surface area contributed by atoms with Crippen LogP contribution in [-0.4, -0.2) is 21.3 Å². The van der Waals surface area contributed by atoms with Gasteiger partial charge in [-0.2, -0.15) is 0 Å². The van der Waals surface area contributed by atoms with Gasteiger partial charge in [-0.15, -0.1) is 10.2 Å². The molecule has 0 aliphatic carbocycles. The highest BCUT2D eigenvalue weighted by molar-refractivity contribution is 5.88. The number of carboxylic acid groups (broad SMARTS) is 1. The Morgan fingerprint density at radius 1 is 1.37 bits per heavy atom. The molecule has 6 nitrogen and oxygen atoms in total. The molecule has 0 aliphatic heterocycles. The quantitative estimate of drug-likeness (QED) is 0.889. The van der Waals surface area contributed by atoms with Gasteiger partial charge in [-0.25, -0.2) is 4.79 Å². The molecule has 0 spiro atoms. The third-order valence-corrected chi connectivity index (χ3v) is 2.58. The van der Waals surface area contributed by atoms with Crippen molar-refractivity contribution in [1.82, 2.24) is 10.2 Å². The average molecular weight is 262 g/mol. The van der Waals surface area contributed by atoms with Crippen LogP contribution in [0.2, 0.25) is 0 Å². The Kier molecular flexibility index (Phi) is 3.79. The Morgan fingerprint density at radius 3 is 2.68 bits per heavy atom. The van der Waals surface area contributed by atoms with Gasteiger partial charge in [-0.3, -0.25) is 0 Å². The van der Waals surface area contributed by atoms with Gasteiger partial charge in [0, 0.05) is 6.42 Å². The van der Waals surface area contributed by atoms with E-state index < -0.39 is 5.97 Å². The first-order valence-corrected chi connectivity index (χ1v) is 5.88. The third kappa shape index (κ3) is 3.09. The smallest absolute Gasteiger partial charge is 0.335 e. The number of aromatic carboxylic acids is 1. The molecule has 0 radical (unpaired) electrons. The van der Waals surface area contributed by atoms with E-state index in [0.29, 0.717) is 24.0 Å². The fraction of sp³-hybridized carbons (Fsp3) is 0.308. The summed E-state index contributed by atoms with van der Waals surface area (Å²) in [5, 5.41) is 16.5. The number of carbonyl (C=O) groups is 1. The maximum absolute atomic E-state index is 10.8. The van der Waals surface area contributed by atoms with Crippen LogP contribution >= 0.6 is 0 Å². The summed E-state index contributed by atoms with van der Waals surface area (Å²) in [7, 11) is 0. The Hall–Kier alpha value is -2.37. The number of aromatic nitrogens is 2. The minimum atomic E-state index is -0.959. The normalized spacial score (nSPS) is 10.4. The third-order valence-electron chi connectivity index (χ3n) is 2.58. The van der Waals surface area contributed by atoms with Crippen LogP contribution in [0.5, 0.6) is 5.75 Å². The van der Waals surface area contributed by atoms with Gasteiger partial charge in [0.25, 0.3) is 5.89 Å². The van der Waals surface area contributed by atoms with Crippen LogP contribution in [-0.2, 0) is 13.0 Å². The molecule has 1 aromatic carbocycles. The lowest BCUT2D eigenvalue weighted by atomic mass is 10.1. The topological polar surface area (TPSA) is 85.5 Å². The Balaban J connectivity index is 2.05. The molecule has 1 heterocycles. The van der Waals surface area contributed by atoms with Crippen LogP contribution in [0.4, 0.5) is 0 Å². The van der Waals surface area contributed by atoms with Crippen LogP contribution in [0.1, 0.15) is 34.6 Å². The van der Waals surface area contributed by atoms with Crippen molar-refractivity contribution in [1.29, 1.82) is 0 Å². The summed E-state index contributed by atoms with van der Waals surface area (Å²) >= 11 is 0. The van der Waals surface area contributed by atoms with Gasteiger partial charge in [-0.05, 0) is 30.7 Å². The van der Waals surface area contributed by atoms with Crippen molar-refractivity contribution in [3.05, 3.63) is 41.1 Å². The number of hydrogen-bond donors (Lipinski definition) is 1. The van der Waals surface area contributed by atoms with E-state index in [9.17, 15) is 4.79 Å². The predicted octanol–water partition coefficient (Wildman–Crippen LogP) is 2.22. The lowest BCUT2D eigenvalue weighted by Crippen LogP contribution is -2.00. The van der Waals surface area contributed by atoms with E-state index in [2.05, 4.69) is 10.2 Å². The van der Waals surface area contributed by atoms with E-state index in [1.807, 2.05) is 6.92 Å². The number of benzene rings is 1. The van der Waals surface area contributed by atoms with Crippen molar-refractivity contribution in [2.45, 2.75) is 26.9 Å². The SMILES string of the molecule is CCc1nnc(COc2ccc(C(=O)O)cc2C)o1. The molecule has 0 saturated heterocycles. The second kappa shape index (κ2) is 5.51. The summed E-state index contributed by atoms with van der Waals surface area (Å²) in [6.07, 6.45) is 0.680. The highest BCUT2D eigenvalue weighted by Crippen LogP contribution is 2.20. The molecule has 2 aromatic rings. The summed E-state index contributed by atoms with van der Waals surface area (Å²) in [5.74, 6) is 0.607. The standard InChI is InChI=1S/C13H14N2O4/c1-3-11-14-15-12(19-11)7-18-10-5-4-9(13(16)17)6-8(10)2/h4-6H,3,7H2,1-2H3,(H,16,17). The number of ether oxygens (including phenoxy) is 1. The van der Waals surface area contributed by atoms with E-state index in [4.69, 9.17) is 14.3 Å². The van der Waals surface area contributed by atoms with E-state index in [-0.39, 0.29) is 12.2 Å². The summed E-state index contributed by atoms with van der Waals surface area (Å²) < 4.78 is 10.8. The Morgan fingerprint density at radius 2 is 2.11 bits per heavy atom. The molecule has 0 saturated carbocycles. The summed E-state index contributed by atoms with van der Waals surface area (Å²) in [4.78, 5) is 10.8. The molecule has 0 fully saturated rings. The lowest BCUT2D eigenvalue weighted by Gasteiger charge is -2.07. The fourth-order valence-electron chi connectivity index (χ4n) is 1.57. The zero-order valence-corrected chi connectivity index (χ0v) is 10.7. The molecule has 0 atom stereocenters. The Labute approximate surface area is 110 Å². The van der Waals surface area contributed by atoms with Crippen molar-refractivity contribution in [2.75, 3.05) is 0 Å². The van der Waals surface area contributed by atoms with Crippen LogP contribution in [0, 0.1) is 6.92 Å². The maximum atomic E-state index is 10.8. The highest BCUT2D eigenvalue weighted by Gasteiger charge is 2.09. The monoisotopic (exact) mass is 262 g/mol. The van der Waals surface area contributed by atoms with Gasteiger partial charge in [-0.1, -0.05) is 6.92 Å². The second-order valence-corrected chi connectivity index (χ2v) is 4.02.